The highest BCUT2D eigenvalue weighted by molar-refractivity contribution is 7.92. The molecule has 0 spiro atoms. The molecule has 1 rings (SSSR count). The van der Waals surface area contributed by atoms with E-state index in [1.165, 1.54) is 0 Å². The van der Waals surface area contributed by atoms with Crippen LogP contribution in [-0.4, -0.2) is 32.4 Å². The van der Waals surface area contributed by atoms with Crippen LogP contribution in [0.25, 0.3) is 0 Å². The summed E-state index contributed by atoms with van der Waals surface area (Å²) in [6.07, 6.45) is 1.16. The molecule has 0 aromatic heterocycles. The average Bonchev–Trinajstić information content (AvgIpc) is 2.37. The lowest BCUT2D eigenvalue weighted by Crippen LogP contribution is -2.31. The van der Waals surface area contributed by atoms with Crippen LogP contribution in [0.4, 0.5) is 0 Å². The number of benzene rings is 1. The molecule has 0 radical (unpaired) electrons. The summed E-state index contributed by atoms with van der Waals surface area (Å²) >= 11 is 0. The van der Waals surface area contributed by atoms with E-state index >= 15 is 0 Å². The van der Waals surface area contributed by atoms with Crippen molar-refractivity contribution >= 4 is 15.7 Å². The number of sulfone groups is 1. The summed E-state index contributed by atoms with van der Waals surface area (Å²) in [7, 11) is -3.33. The van der Waals surface area contributed by atoms with Crippen LogP contribution in [0.1, 0.15) is 18.4 Å². The quantitative estimate of drug-likeness (QED) is 0.679. The predicted molar refractivity (Wildman–Crippen MR) is 75.2 cm³/mol. The minimum absolute atomic E-state index is 0.0168. The van der Waals surface area contributed by atoms with Gasteiger partial charge in [-0.25, -0.2) is 8.42 Å². The SMILES string of the molecule is NCCCCS(=O)(=O)CC(=O)NCc1ccccc1. The van der Waals surface area contributed by atoms with E-state index in [0.29, 0.717) is 25.9 Å². The van der Waals surface area contributed by atoms with Crippen LogP contribution in [0.2, 0.25) is 0 Å². The lowest BCUT2D eigenvalue weighted by molar-refractivity contribution is -0.118. The second kappa shape index (κ2) is 7.91. The maximum Gasteiger partial charge on any atom is 0.235 e. The minimum atomic E-state index is -3.33. The van der Waals surface area contributed by atoms with Gasteiger partial charge in [0.2, 0.25) is 5.91 Å². The van der Waals surface area contributed by atoms with Crippen LogP contribution in [0, 0.1) is 0 Å². The van der Waals surface area contributed by atoms with Gasteiger partial charge in [-0.05, 0) is 24.9 Å². The zero-order valence-electron chi connectivity index (χ0n) is 10.8. The van der Waals surface area contributed by atoms with Crippen LogP contribution < -0.4 is 11.1 Å². The van der Waals surface area contributed by atoms with Gasteiger partial charge in [0.05, 0.1) is 5.75 Å². The molecule has 0 saturated heterocycles. The molecule has 0 aliphatic heterocycles. The van der Waals surface area contributed by atoms with Gasteiger partial charge in [0.25, 0.3) is 0 Å². The maximum absolute atomic E-state index is 11.6. The van der Waals surface area contributed by atoms with Crippen LogP contribution in [-0.2, 0) is 21.2 Å². The molecule has 0 heterocycles. The molecule has 1 aromatic carbocycles. The number of hydrogen-bond acceptors (Lipinski definition) is 4. The number of carbonyl (C=O) groups excluding carboxylic acids is 1. The Kier molecular flexibility index (Phi) is 6.52. The van der Waals surface area contributed by atoms with E-state index in [9.17, 15) is 13.2 Å². The normalized spacial score (nSPS) is 11.2. The third kappa shape index (κ3) is 6.93. The number of rotatable bonds is 8. The number of amides is 1. The number of hydrogen-bond donors (Lipinski definition) is 2. The molecule has 0 bridgehead atoms. The summed E-state index contributed by atoms with van der Waals surface area (Å²) in [6.45, 7) is 0.813. The van der Waals surface area contributed by atoms with Gasteiger partial charge in [0.15, 0.2) is 9.84 Å². The third-order valence-corrected chi connectivity index (χ3v) is 4.21. The monoisotopic (exact) mass is 284 g/mol. The summed E-state index contributed by atoms with van der Waals surface area (Å²) in [5, 5.41) is 2.60. The Labute approximate surface area is 114 Å². The van der Waals surface area contributed by atoms with E-state index < -0.39 is 21.5 Å². The molecule has 19 heavy (non-hydrogen) atoms. The summed E-state index contributed by atoms with van der Waals surface area (Å²) < 4.78 is 23.3. The lowest BCUT2D eigenvalue weighted by Gasteiger charge is -2.06. The first-order valence-corrected chi connectivity index (χ1v) is 8.07. The summed E-state index contributed by atoms with van der Waals surface area (Å²) in [5.74, 6) is -0.899. The molecule has 0 aliphatic carbocycles. The molecule has 0 aliphatic rings. The Hall–Kier alpha value is -1.40. The van der Waals surface area contributed by atoms with E-state index in [1.54, 1.807) is 0 Å². The highest BCUT2D eigenvalue weighted by Gasteiger charge is 2.15. The van der Waals surface area contributed by atoms with E-state index in [2.05, 4.69) is 5.32 Å². The fourth-order valence-electron chi connectivity index (χ4n) is 1.59. The molecule has 1 amide bonds. The van der Waals surface area contributed by atoms with Crippen molar-refractivity contribution in [3.05, 3.63) is 35.9 Å². The zero-order valence-corrected chi connectivity index (χ0v) is 11.7. The molecular formula is C13H20N2O3S. The molecule has 1 aromatic rings. The van der Waals surface area contributed by atoms with Crippen LogP contribution in [0.15, 0.2) is 30.3 Å². The number of carbonyl (C=O) groups is 1. The van der Waals surface area contributed by atoms with Crippen molar-refractivity contribution in [2.24, 2.45) is 5.73 Å². The van der Waals surface area contributed by atoms with Gasteiger partial charge >= 0.3 is 0 Å². The highest BCUT2D eigenvalue weighted by Crippen LogP contribution is 1.99. The maximum atomic E-state index is 11.6. The van der Waals surface area contributed by atoms with Gasteiger partial charge < -0.3 is 11.1 Å². The fourth-order valence-corrected chi connectivity index (χ4v) is 2.88. The van der Waals surface area contributed by atoms with Gasteiger partial charge in [-0.15, -0.1) is 0 Å². The molecule has 0 fully saturated rings. The summed E-state index contributed by atoms with van der Waals surface area (Å²) in [5.41, 5.74) is 6.24. The Balaban J connectivity index is 2.34. The second-order valence-electron chi connectivity index (χ2n) is 4.35. The van der Waals surface area contributed by atoms with Gasteiger partial charge in [0.1, 0.15) is 5.75 Å². The molecule has 5 nitrogen and oxygen atoms in total. The van der Waals surface area contributed by atoms with Crippen LogP contribution in [0.3, 0.4) is 0 Å². The summed E-state index contributed by atoms with van der Waals surface area (Å²) in [6, 6.07) is 9.36. The van der Waals surface area contributed by atoms with E-state index in [4.69, 9.17) is 5.73 Å². The molecule has 0 atom stereocenters. The Morgan fingerprint density at radius 2 is 1.84 bits per heavy atom. The zero-order chi connectivity index (χ0) is 14.1. The number of unbranched alkanes of at least 4 members (excludes halogenated alkanes) is 1. The first kappa shape index (κ1) is 15.7. The molecule has 6 heteroatoms. The number of nitrogens with one attached hydrogen (secondary N) is 1. The fraction of sp³-hybridized carbons (Fsp3) is 0.462. The molecular weight excluding hydrogens is 264 g/mol. The first-order chi connectivity index (χ1) is 9.03. The van der Waals surface area contributed by atoms with Crippen molar-refractivity contribution in [3.63, 3.8) is 0 Å². The smallest absolute Gasteiger partial charge is 0.235 e. The van der Waals surface area contributed by atoms with Crippen LogP contribution in [0.5, 0.6) is 0 Å². The van der Waals surface area contributed by atoms with Gasteiger partial charge in [0, 0.05) is 6.54 Å². The standard InChI is InChI=1S/C13H20N2O3S/c14-8-4-5-9-19(17,18)11-13(16)15-10-12-6-2-1-3-7-12/h1-3,6-7H,4-5,8-11,14H2,(H,15,16). The Morgan fingerprint density at radius 1 is 1.16 bits per heavy atom. The Morgan fingerprint density at radius 3 is 2.47 bits per heavy atom. The molecule has 0 unspecified atom stereocenters. The van der Waals surface area contributed by atoms with Crippen molar-refractivity contribution in [3.8, 4) is 0 Å². The second-order valence-corrected chi connectivity index (χ2v) is 6.53. The van der Waals surface area contributed by atoms with Crippen molar-refractivity contribution < 1.29 is 13.2 Å². The largest absolute Gasteiger partial charge is 0.351 e. The van der Waals surface area contributed by atoms with E-state index in [-0.39, 0.29) is 5.75 Å². The van der Waals surface area contributed by atoms with E-state index in [0.717, 1.165) is 5.56 Å². The van der Waals surface area contributed by atoms with Gasteiger partial charge in [-0.1, -0.05) is 30.3 Å². The number of nitrogens with two attached hydrogens (primary N) is 1. The minimum Gasteiger partial charge on any atom is -0.351 e. The van der Waals surface area contributed by atoms with Gasteiger partial charge in [-0.3, -0.25) is 4.79 Å². The molecule has 3 N–H and O–H groups in total. The first-order valence-electron chi connectivity index (χ1n) is 6.24. The summed E-state index contributed by atoms with van der Waals surface area (Å²) in [4.78, 5) is 11.5. The van der Waals surface area contributed by atoms with Crippen molar-refractivity contribution in [1.82, 2.24) is 5.32 Å². The van der Waals surface area contributed by atoms with E-state index in [1.807, 2.05) is 30.3 Å². The van der Waals surface area contributed by atoms with Crippen LogP contribution >= 0.6 is 0 Å². The highest BCUT2D eigenvalue weighted by atomic mass is 32.2. The molecule has 0 saturated carbocycles. The topological polar surface area (TPSA) is 89.3 Å². The third-order valence-electron chi connectivity index (χ3n) is 2.59. The Bertz CT molecular complexity index is 486. The van der Waals surface area contributed by atoms with Crippen molar-refractivity contribution in [1.29, 1.82) is 0 Å². The van der Waals surface area contributed by atoms with Crippen molar-refractivity contribution in [2.45, 2.75) is 19.4 Å². The average molecular weight is 284 g/mol. The predicted octanol–water partition coefficient (Wildman–Crippen LogP) is 0.457. The van der Waals surface area contributed by atoms with Crippen molar-refractivity contribution in [2.75, 3.05) is 18.1 Å². The molecule has 106 valence electrons. The van der Waals surface area contributed by atoms with Gasteiger partial charge in [-0.2, -0.15) is 0 Å². The lowest BCUT2D eigenvalue weighted by atomic mass is 10.2.